The van der Waals surface area contributed by atoms with E-state index in [-0.39, 0.29) is 18.1 Å². The van der Waals surface area contributed by atoms with Gasteiger partial charge in [-0.05, 0) is 31.2 Å². The Balaban J connectivity index is 1.78. The van der Waals surface area contributed by atoms with Gasteiger partial charge < -0.3 is 9.64 Å². The van der Waals surface area contributed by atoms with E-state index in [1.54, 1.807) is 21.7 Å². The fourth-order valence-corrected chi connectivity index (χ4v) is 3.21. The number of rotatable bonds is 3. The molecule has 0 unspecified atom stereocenters. The van der Waals surface area contributed by atoms with E-state index in [4.69, 9.17) is 4.74 Å². The van der Waals surface area contributed by atoms with Crippen LogP contribution in [0.25, 0.3) is 16.9 Å². The molecule has 134 valence electrons. The van der Waals surface area contributed by atoms with Gasteiger partial charge in [-0.25, -0.2) is 14.3 Å². The van der Waals surface area contributed by atoms with E-state index in [9.17, 15) is 9.59 Å². The standard InChI is InChI=1S/C19H20N4O3/c1-14-4-6-15(7-5-14)23-18-16(3-2-8-20-18)22(19(23)25)13-17(24)21-9-11-26-12-10-21/h2-8H,9-13H2,1H3. The van der Waals surface area contributed by atoms with Crippen LogP contribution in [0.4, 0.5) is 0 Å². The zero-order valence-electron chi connectivity index (χ0n) is 14.6. The minimum absolute atomic E-state index is 0.000111. The van der Waals surface area contributed by atoms with Gasteiger partial charge >= 0.3 is 5.69 Å². The molecule has 7 heteroatoms. The van der Waals surface area contributed by atoms with Crippen LogP contribution in [0, 0.1) is 6.92 Å². The third-order valence-electron chi connectivity index (χ3n) is 4.64. The van der Waals surface area contributed by atoms with Gasteiger partial charge in [-0.3, -0.25) is 9.36 Å². The van der Waals surface area contributed by atoms with Gasteiger partial charge in [0.05, 0.1) is 24.4 Å². The fourth-order valence-electron chi connectivity index (χ4n) is 3.21. The van der Waals surface area contributed by atoms with E-state index in [1.807, 2.05) is 37.3 Å². The first-order chi connectivity index (χ1) is 12.6. The molecule has 7 nitrogen and oxygen atoms in total. The van der Waals surface area contributed by atoms with E-state index in [0.717, 1.165) is 11.3 Å². The van der Waals surface area contributed by atoms with Crippen LogP contribution in [0.15, 0.2) is 47.4 Å². The number of pyridine rings is 1. The number of ether oxygens (including phenoxy) is 1. The first kappa shape index (κ1) is 16.5. The van der Waals surface area contributed by atoms with E-state index >= 15 is 0 Å². The molecule has 4 rings (SSSR count). The number of nitrogens with zero attached hydrogens (tertiary/aromatic N) is 4. The number of hydrogen-bond donors (Lipinski definition) is 0. The molecule has 2 aromatic heterocycles. The van der Waals surface area contributed by atoms with Crippen LogP contribution in [0.3, 0.4) is 0 Å². The quantitative estimate of drug-likeness (QED) is 0.714. The van der Waals surface area contributed by atoms with Crippen molar-refractivity contribution in [1.82, 2.24) is 19.0 Å². The molecule has 0 aliphatic carbocycles. The molecule has 0 radical (unpaired) electrons. The summed E-state index contributed by atoms with van der Waals surface area (Å²) in [6.07, 6.45) is 1.65. The molecule has 0 saturated carbocycles. The van der Waals surface area contributed by atoms with Gasteiger partial charge in [-0.1, -0.05) is 17.7 Å². The lowest BCUT2D eigenvalue weighted by molar-refractivity contribution is -0.135. The minimum Gasteiger partial charge on any atom is -0.378 e. The SMILES string of the molecule is Cc1ccc(-n2c(=O)n(CC(=O)N3CCOCC3)c3cccnc32)cc1. The Bertz CT molecular complexity index is 998. The number of benzene rings is 1. The highest BCUT2D eigenvalue weighted by Gasteiger charge is 2.21. The maximum atomic E-state index is 13.1. The normalized spacial score (nSPS) is 14.7. The average molecular weight is 352 g/mol. The lowest BCUT2D eigenvalue weighted by Crippen LogP contribution is -2.43. The summed E-state index contributed by atoms with van der Waals surface area (Å²) in [6.45, 7) is 4.18. The van der Waals surface area contributed by atoms with Crippen molar-refractivity contribution in [2.24, 2.45) is 0 Å². The number of aromatic nitrogens is 3. The van der Waals surface area contributed by atoms with Crippen LogP contribution in [0.2, 0.25) is 0 Å². The third kappa shape index (κ3) is 2.90. The van der Waals surface area contributed by atoms with Crippen LogP contribution in [0.5, 0.6) is 0 Å². The van der Waals surface area contributed by atoms with E-state index < -0.39 is 0 Å². The van der Waals surface area contributed by atoms with Crippen molar-refractivity contribution in [3.63, 3.8) is 0 Å². The largest absolute Gasteiger partial charge is 0.378 e. The molecule has 0 bridgehead atoms. The summed E-state index contributed by atoms with van der Waals surface area (Å²) in [5.41, 5.74) is 2.79. The maximum Gasteiger partial charge on any atom is 0.335 e. The Morgan fingerprint density at radius 1 is 1.15 bits per heavy atom. The Morgan fingerprint density at radius 2 is 1.88 bits per heavy atom. The van der Waals surface area contributed by atoms with Gasteiger partial charge in [-0.2, -0.15) is 0 Å². The van der Waals surface area contributed by atoms with Crippen molar-refractivity contribution in [2.75, 3.05) is 26.3 Å². The number of hydrogen-bond acceptors (Lipinski definition) is 4. The Kier molecular flexibility index (Phi) is 4.30. The van der Waals surface area contributed by atoms with E-state index in [1.165, 1.54) is 4.57 Å². The maximum absolute atomic E-state index is 13.1. The first-order valence-corrected chi connectivity index (χ1v) is 8.64. The summed E-state index contributed by atoms with van der Waals surface area (Å²) in [5.74, 6) is -0.0813. The number of imidazole rings is 1. The Labute approximate surface area is 150 Å². The van der Waals surface area contributed by atoms with Gasteiger partial charge in [0, 0.05) is 19.3 Å². The summed E-state index contributed by atoms with van der Waals surface area (Å²) in [7, 11) is 0. The van der Waals surface area contributed by atoms with Crippen molar-refractivity contribution in [2.45, 2.75) is 13.5 Å². The highest BCUT2D eigenvalue weighted by atomic mass is 16.5. The number of carbonyl (C=O) groups excluding carboxylic acids is 1. The van der Waals surface area contributed by atoms with Crippen LogP contribution in [0.1, 0.15) is 5.56 Å². The molecule has 1 amide bonds. The van der Waals surface area contributed by atoms with Crippen LogP contribution < -0.4 is 5.69 Å². The van der Waals surface area contributed by atoms with Gasteiger partial charge in [0.2, 0.25) is 5.91 Å². The highest BCUT2D eigenvalue weighted by molar-refractivity contribution is 5.80. The number of morpholine rings is 1. The molecule has 1 aliphatic heterocycles. The number of fused-ring (bicyclic) bond motifs is 1. The summed E-state index contributed by atoms with van der Waals surface area (Å²) < 4.78 is 8.35. The lowest BCUT2D eigenvalue weighted by Gasteiger charge is -2.26. The molecule has 1 aliphatic rings. The molecule has 1 aromatic carbocycles. The van der Waals surface area contributed by atoms with Crippen LogP contribution in [-0.4, -0.2) is 51.2 Å². The molecule has 3 heterocycles. The monoisotopic (exact) mass is 352 g/mol. The summed E-state index contributed by atoms with van der Waals surface area (Å²) >= 11 is 0. The predicted octanol–water partition coefficient (Wildman–Crippen LogP) is 1.35. The Hall–Kier alpha value is -2.93. The van der Waals surface area contributed by atoms with Crippen molar-refractivity contribution in [3.8, 4) is 5.69 Å². The summed E-state index contributed by atoms with van der Waals surface area (Å²) in [6, 6.07) is 11.3. The first-order valence-electron chi connectivity index (χ1n) is 8.64. The second-order valence-electron chi connectivity index (χ2n) is 6.38. The summed E-state index contributed by atoms with van der Waals surface area (Å²) in [4.78, 5) is 31.8. The highest BCUT2D eigenvalue weighted by Crippen LogP contribution is 2.16. The van der Waals surface area contributed by atoms with Crippen LogP contribution >= 0.6 is 0 Å². The zero-order valence-corrected chi connectivity index (χ0v) is 14.6. The van der Waals surface area contributed by atoms with Crippen molar-refractivity contribution < 1.29 is 9.53 Å². The molecule has 1 fully saturated rings. The smallest absolute Gasteiger partial charge is 0.335 e. The van der Waals surface area contributed by atoms with Crippen molar-refractivity contribution >= 4 is 17.1 Å². The number of amides is 1. The second kappa shape index (κ2) is 6.76. The van der Waals surface area contributed by atoms with Gasteiger partial charge in [0.25, 0.3) is 0 Å². The molecule has 0 atom stereocenters. The van der Waals surface area contributed by atoms with Crippen LogP contribution in [-0.2, 0) is 16.1 Å². The molecular formula is C19H20N4O3. The number of carbonyl (C=O) groups is 1. The van der Waals surface area contributed by atoms with E-state index in [2.05, 4.69) is 4.98 Å². The van der Waals surface area contributed by atoms with Gasteiger partial charge in [0.15, 0.2) is 5.65 Å². The number of aryl methyl sites for hydroxylation is 1. The zero-order chi connectivity index (χ0) is 18.1. The molecule has 1 saturated heterocycles. The van der Waals surface area contributed by atoms with Gasteiger partial charge in [-0.15, -0.1) is 0 Å². The summed E-state index contributed by atoms with van der Waals surface area (Å²) in [5, 5.41) is 0. The molecular weight excluding hydrogens is 332 g/mol. The predicted molar refractivity (Wildman–Crippen MR) is 97.5 cm³/mol. The van der Waals surface area contributed by atoms with E-state index in [0.29, 0.717) is 37.5 Å². The fraction of sp³-hybridized carbons (Fsp3) is 0.316. The van der Waals surface area contributed by atoms with Gasteiger partial charge in [0.1, 0.15) is 6.54 Å². The van der Waals surface area contributed by atoms with Crippen molar-refractivity contribution in [1.29, 1.82) is 0 Å². The molecule has 0 N–H and O–H groups in total. The minimum atomic E-state index is -0.260. The van der Waals surface area contributed by atoms with Crippen molar-refractivity contribution in [3.05, 3.63) is 58.6 Å². The third-order valence-corrected chi connectivity index (χ3v) is 4.64. The second-order valence-corrected chi connectivity index (χ2v) is 6.38. The lowest BCUT2D eigenvalue weighted by atomic mass is 10.2. The average Bonchev–Trinajstić information content (AvgIpc) is 2.95. The Morgan fingerprint density at radius 3 is 2.62 bits per heavy atom. The molecule has 0 spiro atoms. The molecule has 26 heavy (non-hydrogen) atoms. The molecule has 3 aromatic rings. The topological polar surface area (TPSA) is 69.4 Å².